The van der Waals surface area contributed by atoms with E-state index in [0.29, 0.717) is 0 Å². The Morgan fingerprint density at radius 2 is 1.33 bits per heavy atom. The third-order valence-electron chi connectivity index (χ3n) is 10.7. The number of benzene rings is 6. The Hall–Kier alpha value is -5.84. The Morgan fingerprint density at radius 1 is 0.592 bits per heavy atom. The summed E-state index contributed by atoms with van der Waals surface area (Å²) in [6.07, 6.45) is 1.85. The molecule has 4 aromatic heterocycles. The molecule has 1 aliphatic carbocycles. The van der Waals surface area contributed by atoms with E-state index < -0.39 is 0 Å². The van der Waals surface area contributed by atoms with Crippen molar-refractivity contribution in [2.75, 3.05) is 0 Å². The maximum absolute atomic E-state index is 6.76. The van der Waals surface area contributed by atoms with Gasteiger partial charge in [-0.25, -0.2) is 4.98 Å². The van der Waals surface area contributed by atoms with Gasteiger partial charge in [0, 0.05) is 64.5 Å². The second-order valence-electron chi connectivity index (χ2n) is 13.8. The van der Waals surface area contributed by atoms with E-state index in [1.807, 2.05) is 23.6 Å². The van der Waals surface area contributed by atoms with Gasteiger partial charge in [0.1, 0.15) is 11.2 Å². The Balaban J connectivity index is 1.14. The number of para-hydroxylation sites is 1. The Labute approximate surface area is 286 Å². The van der Waals surface area contributed by atoms with E-state index in [9.17, 15) is 0 Å². The predicted octanol–water partition coefficient (Wildman–Crippen LogP) is 12.7. The van der Waals surface area contributed by atoms with Crippen molar-refractivity contribution < 1.29 is 4.42 Å². The highest BCUT2D eigenvalue weighted by Crippen LogP contribution is 2.55. The number of hydrogen-bond donors (Lipinski definition) is 0. The van der Waals surface area contributed by atoms with Crippen LogP contribution in [0.5, 0.6) is 0 Å². The highest BCUT2D eigenvalue weighted by atomic mass is 32.1. The lowest BCUT2D eigenvalue weighted by Gasteiger charge is -2.22. The zero-order valence-corrected chi connectivity index (χ0v) is 27.7. The van der Waals surface area contributed by atoms with Gasteiger partial charge in [0.05, 0.1) is 16.7 Å². The molecule has 0 spiro atoms. The number of rotatable bonds is 2. The summed E-state index contributed by atoms with van der Waals surface area (Å²) in [4.78, 5) is 9.84. The number of thiophene rings is 1. The van der Waals surface area contributed by atoms with Crippen LogP contribution in [-0.2, 0) is 5.41 Å². The van der Waals surface area contributed by atoms with Crippen LogP contribution in [-0.4, -0.2) is 9.97 Å². The molecule has 4 heteroatoms. The molecule has 0 amide bonds. The largest absolute Gasteiger partial charge is 0.455 e. The van der Waals surface area contributed by atoms with Crippen molar-refractivity contribution in [1.82, 2.24) is 9.97 Å². The second kappa shape index (κ2) is 9.62. The van der Waals surface area contributed by atoms with Gasteiger partial charge in [-0.05, 0) is 76.3 Å². The quantitative estimate of drug-likeness (QED) is 0.176. The van der Waals surface area contributed by atoms with Crippen LogP contribution in [0, 0.1) is 0 Å². The minimum Gasteiger partial charge on any atom is -0.455 e. The minimum atomic E-state index is -0.143. The maximum atomic E-state index is 6.76. The summed E-state index contributed by atoms with van der Waals surface area (Å²) >= 11 is 1.84. The zero-order valence-electron chi connectivity index (χ0n) is 26.9. The van der Waals surface area contributed by atoms with Gasteiger partial charge in [0.25, 0.3) is 0 Å². The van der Waals surface area contributed by atoms with Crippen LogP contribution in [0.1, 0.15) is 25.0 Å². The molecule has 0 N–H and O–H groups in total. The van der Waals surface area contributed by atoms with Gasteiger partial charge in [-0.1, -0.05) is 92.7 Å². The topological polar surface area (TPSA) is 38.9 Å². The number of pyridine rings is 2. The van der Waals surface area contributed by atoms with Gasteiger partial charge in [-0.15, -0.1) is 11.3 Å². The lowest BCUT2D eigenvalue weighted by atomic mass is 9.81. The van der Waals surface area contributed by atoms with E-state index in [4.69, 9.17) is 9.40 Å². The molecular weight excluding hydrogens is 617 g/mol. The molecule has 230 valence electrons. The molecule has 0 saturated carbocycles. The summed E-state index contributed by atoms with van der Waals surface area (Å²) in [5.41, 5.74) is 13.3. The van der Waals surface area contributed by atoms with E-state index in [0.717, 1.165) is 49.6 Å². The maximum Gasteiger partial charge on any atom is 0.144 e. The summed E-state index contributed by atoms with van der Waals surface area (Å²) < 4.78 is 9.31. The highest BCUT2D eigenvalue weighted by Gasteiger charge is 2.38. The summed E-state index contributed by atoms with van der Waals surface area (Å²) in [5, 5.41) is 7.04. The van der Waals surface area contributed by atoms with Gasteiger partial charge in [0.15, 0.2) is 0 Å². The summed E-state index contributed by atoms with van der Waals surface area (Å²) in [6, 6.07) is 46.1. The molecule has 0 radical (unpaired) electrons. The molecule has 0 saturated heterocycles. The number of fused-ring (bicyclic) bond motifs is 13. The SMILES string of the molecule is CC1(C)c2ccccc2-c2c1cc(-c1ccc3sc4ccc(-c5ccc6ccc7cccnc7c6n5)cc4c3c1)c1c2oc2ccccc21. The average Bonchev–Trinajstić information content (AvgIpc) is 3.78. The van der Waals surface area contributed by atoms with Crippen molar-refractivity contribution in [2.24, 2.45) is 0 Å². The van der Waals surface area contributed by atoms with Crippen molar-refractivity contribution in [3.63, 3.8) is 0 Å². The molecule has 0 bridgehead atoms. The van der Waals surface area contributed by atoms with Gasteiger partial charge in [0.2, 0.25) is 0 Å². The number of nitrogens with zero attached hydrogens (tertiary/aromatic N) is 2. The van der Waals surface area contributed by atoms with Crippen molar-refractivity contribution in [3.05, 3.63) is 145 Å². The lowest BCUT2D eigenvalue weighted by Crippen LogP contribution is -2.15. The van der Waals surface area contributed by atoms with Crippen LogP contribution in [0.3, 0.4) is 0 Å². The van der Waals surface area contributed by atoms with Crippen LogP contribution < -0.4 is 0 Å². The Morgan fingerprint density at radius 3 is 2.20 bits per heavy atom. The van der Waals surface area contributed by atoms with E-state index in [1.165, 1.54) is 58.9 Å². The number of hydrogen-bond acceptors (Lipinski definition) is 4. The first-order chi connectivity index (χ1) is 24.0. The van der Waals surface area contributed by atoms with Gasteiger partial charge in [-0.2, -0.15) is 0 Å². The van der Waals surface area contributed by atoms with E-state index in [-0.39, 0.29) is 5.41 Å². The smallest absolute Gasteiger partial charge is 0.144 e. The minimum absolute atomic E-state index is 0.143. The summed E-state index contributed by atoms with van der Waals surface area (Å²) in [7, 11) is 0. The predicted molar refractivity (Wildman–Crippen MR) is 206 cm³/mol. The van der Waals surface area contributed by atoms with Crippen molar-refractivity contribution >= 4 is 75.3 Å². The Kier molecular flexibility index (Phi) is 5.33. The van der Waals surface area contributed by atoms with Crippen LogP contribution >= 0.6 is 11.3 Å². The third-order valence-corrected chi connectivity index (χ3v) is 11.9. The van der Waals surface area contributed by atoms with Crippen molar-refractivity contribution in [2.45, 2.75) is 19.3 Å². The average molecular weight is 645 g/mol. The standard InChI is InChI=1S/C45H28N2OS/c1-45(2)34-11-5-3-9-29(34)41-35(45)24-31(40-30-10-4-6-12-37(30)48-44(40)41)27-16-19-38-32(22-27)33-23-28(17-20-39(33)49-38)36-18-15-26-14-13-25-8-7-21-46-42(25)43(26)47-36/h3-24H,1-2H3. The van der Waals surface area contributed by atoms with Crippen molar-refractivity contribution in [1.29, 1.82) is 0 Å². The molecule has 11 rings (SSSR count). The molecule has 3 nitrogen and oxygen atoms in total. The fourth-order valence-electron chi connectivity index (χ4n) is 8.27. The van der Waals surface area contributed by atoms with Crippen molar-refractivity contribution in [3.8, 4) is 33.5 Å². The molecule has 4 heterocycles. The molecule has 0 aliphatic heterocycles. The van der Waals surface area contributed by atoms with Crippen LogP contribution in [0.4, 0.5) is 0 Å². The van der Waals surface area contributed by atoms with E-state index >= 15 is 0 Å². The first kappa shape index (κ1) is 27.1. The fraction of sp³-hybridized carbons (Fsp3) is 0.0667. The van der Waals surface area contributed by atoms with Crippen LogP contribution in [0.15, 0.2) is 138 Å². The van der Waals surface area contributed by atoms with Gasteiger partial charge < -0.3 is 4.42 Å². The first-order valence-electron chi connectivity index (χ1n) is 16.7. The Bertz CT molecular complexity index is 3040. The number of furan rings is 1. The van der Waals surface area contributed by atoms with E-state index in [1.54, 1.807) is 0 Å². The summed E-state index contributed by atoms with van der Waals surface area (Å²) in [6.45, 7) is 4.68. The first-order valence-corrected chi connectivity index (χ1v) is 17.5. The third kappa shape index (κ3) is 3.72. The van der Waals surface area contributed by atoms with Gasteiger partial charge >= 0.3 is 0 Å². The molecular formula is C45H28N2OS. The molecule has 6 aromatic carbocycles. The molecule has 0 atom stereocenters. The molecule has 1 aliphatic rings. The molecule has 10 aromatic rings. The second-order valence-corrected chi connectivity index (χ2v) is 14.8. The summed E-state index contributed by atoms with van der Waals surface area (Å²) in [5.74, 6) is 0. The van der Waals surface area contributed by atoms with Gasteiger partial charge in [-0.3, -0.25) is 4.98 Å². The van der Waals surface area contributed by atoms with Crippen LogP contribution in [0.25, 0.3) is 97.4 Å². The van der Waals surface area contributed by atoms with E-state index in [2.05, 4.69) is 140 Å². The lowest BCUT2D eigenvalue weighted by molar-refractivity contribution is 0.653. The molecule has 49 heavy (non-hydrogen) atoms. The monoisotopic (exact) mass is 644 g/mol. The van der Waals surface area contributed by atoms with Crippen LogP contribution in [0.2, 0.25) is 0 Å². The highest BCUT2D eigenvalue weighted by molar-refractivity contribution is 7.25. The zero-order chi connectivity index (χ0) is 32.4. The normalized spacial score (nSPS) is 13.7. The molecule has 0 unspecified atom stereocenters. The fourth-order valence-corrected chi connectivity index (χ4v) is 9.33. The molecule has 0 fully saturated rings. The number of aromatic nitrogens is 2.